The van der Waals surface area contributed by atoms with E-state index in [0.29, 0.717) is 0 Å². The Morgan fingerprint density at radius 2 is 1.95 bits per heavy atom. The topological polar surface area (TPSA) is 57.8 Å². The minimum absolute atomic E-state index is 0.131. The van der Waals surface area contributed by atoms with Crippen molar-refractivity contribution in [3.8, 4) is 11.4 Å². The molecule has 1 amide bonds. The Labute approximate surface area is 128 Å². The summed E-state index contributed by atoms with van der Waals surface area (Å²) in [4.78, 5) is 19.7. The Morgan fingerprint density at radius 1 is 1.18 bits per heavy atom. The van der Waals surface area contributed by atoms with Gasteiger partial charge in [-0.2, -0.15) is 0 Å². The van der Waals surface area contributed by atoms with Gasteiger partial charge < -0.3 is 10.3 Å². The molecular formula is C18H17N3O. The van der Waals surface area contributed by atoms with Gasteiger partial charge in [0.15, 0.2) is 0 Å². The number of H-pyrrole nitrogens is 1. The predicted molar refractivity (Wildman–Crippen MR) is 87.6 cm³/mol. The highest BCUT2D eigenvalue weighted by Crippen LogP contribution is 2.30. The molecule has 4 heteroatoms. The monoisotopic (exact) mass is 291 g/mol. The summed E-state index contributed by atoms with van der Waals surface area (Å²) in [6.45, 7) is 2.07. The highest BCUT2D eigenvalue weighted by molar-refractivity contribution is 5.94. The lowest BCUT2D eigenvalue weighted by molar-refractivity contribution is -0.117. The van der Waals surface area contributed by atoms with E-state index >= 15 is 0 Å². The van der Waals surface area contributed by atoms with Gasteiger partial charge in [0.2, 0.25) is 5.91 Å². The van der Waals surface area contributed by atoms with Crippen LogP contribution < -0.4 is 5.32 Å². The van der Waals surface area contributed by atoms with Crippen LogP contribution in [0.3, 0.4) is 0 Å². The van der Waals surface area contributed by atoms with Crippen molar-refractivity contribution in [1.82, 2.24) is 9.97 Å². The first kappa shape index (κ1) is 13.1. The molecule has 1 aliphatic carbocycles. The van der Waals surface area contributed by atoms with Crippen LogP contribution in [-0.4, -0.2) is 15.9 Å². The molecule has 1 aromatic heterocycles. The van der Waals surface area contributed by atoms with Gasteiger partial charge in [-0.1, -0.05) is 6.07 Å². The Hall–Kier alpha value is -2.62. The number of aryl methyl sites for hydroxylation is 1. The summed E-state index contributed by atoms with van der Waals surface area (Å²) >= 11 is 0. The largest absolute Gasteiger partial charge is 0.338 e. The molecule has 0 bridgehead atoms. The van der Waals surface area contributed by atoms with Crippen LogP contribution in [0.1, 0.15) is 18.4 Å². The zero-order valence-corrected chi connectivity index (χ0v) is 12.4. The van der Waals surface area contributed by atoms with E-state index in [1.807, 2.05) is 30.3 Å². The number of nitrogens with one attached hydrogen (secondary N) is 2. The van der Waals surface area contributed by atoms with Crippen molar-refractivity contribution in [2.24, 2.45) is 5.92 Å². The number of carbonyl (C=O) groups is 1. The molecule has 4 nitrogen and oxygen atoms in total. The number of anilines is 1. The summed E-state index contributed by atoms with van der Waals surface area (Å²) in [5, 5.41) is 2.95. The predicted octanol–water partition coefficient (Wildman–Crippen LogP) is 3.89. The molecule has 0 radical (unpaired) electrons. The normalized spacial score (nSPS) is 14.2. The minimum atomic E-state index is 0.131. The highest BCUT2D eigenvalue weighted by Gasteiger charge is 2.29. The smallest absolute Gasteiger partial charge is 0.227 e. The number of benzene rings is 2. The van der Waals surface area contributed by atoms with E-state index in [0.717, 1.165) is 41.0 Å². The van der Waals surface area contributed by atoms with E-state index in [-0.39, 0.29) is 11.8 Å². The molecule has 2 N–H and O–H groups in total. The number of hydrogen-bond acceptors (Lipinski definition) is 2. The van der Waals surface area contributed by atoms with Gasteiger partial charge in [0, 0.05) is 17.2 Å². The first-order valence-corrected chi connectivity index (χ1v) is 7.57. The SMILES string of the molecule is Cc1ccc2nc(-c3ccc(NC(=O)C4CC4)cc3)[nH]c2c1. The van der Waals surface area contributed by atoms with Gasteiger partial charge in [0.05, 0.1) is 11.0 Å². The number of aromatic nitrogens is 2. The van der Waals surface area contributed by atoms with E-state index in [1.54, 1.807) is 0 Å². The minimum Gasteiger partial charge on any atom is -0.338 e. The summed E-state index contributed by atoms with van der Waals surface area (Å²) in [6.07, 6.45) is 2.03. The molecule has 0 atom stereocenters. The average Bonchev–Trinajstić information content (AvgIpc) is 3.28. The third-order valence-corrected chi connectivity index (χ3v) is 4.01. The number of rotatable bonds is 3. The van der Waals surface area contributed by atoms with E-state index in [4.69, 9.17) is 0 Å². The quantitative estimate of drug-likeness (QED) is 0.769. The van der Waals surface area contributed by atoms with E-state index in [2.05, 4.69) is 34.3 Å². The second-order valence-electron chi connectivity index (χ2n) is 5.95. The summed E-state index contributed by atoms with van der Waals surface area (Å²) in [6, 6.07) is 14.0. The Morgan fingerprint density at radius 3 is 2.68 bits per heavy atom. The van der Waals surface area contributed by atoms with Gasteiger partial charge in [0.25, 0.3) is 0 Å². The van der Waals surface area contributed by atoms with E-state index in [9.17, 15) is 4.79 Å². The molecule has 0 spiro atoms. The summed E-state index contributed by atoms with van der Waals surface area (Å²) < 4.78 is 0. The van der Waals surface area contributed by atoms with Gasteiger partial charge in [0.1, 0.15) is 5.82 Å². The van der Waals surface area contributed by atoms with Crippen LogP contribution >= 0.6 is 0 Å². The molecule has 22 heavy (non-hydrogen) atoms. The molecule has 1 heterocycles. The van der Waals surface area contributed by atoms with Gasteiger partial charge in [-0.15, -0.1) is 0 Å². The summed E-state index contributed by atoms with van der Waals surface area (Å²) in [5.74, 6) is 1.20. The maximum Gasteiger partial charge on any atom is 0.227 e. The summed E-state index contributed by atoms with van der Waals surface area (Å²) in [7, 11) is 0. The lowest BCUT2D eigenvalue weighted by Crippen LogP contribution is -2.12. The molecule has 1 fully saturated rings. The fourth-order valence-electron chi connectivity index (χ4n) is 2.56. The summed E-state index contributed by atoms with van der Waals surface area (Å²) in [5.41, 5.74) is 5.07. The average molecular weight is 291 g/mol. The van der Waals surface area contributed by atoms with E-state index < -0.39 is 0 Å². The highest BCUT2D eigenvalue weighted by atomic mass is 16.2. The van der Waals surface area contributed by atoms with E-state index in [1.165, 1.54) is 5.56 Å². The second kappa shape index (κ2) is 4.98. The van der Waals surface area contributed by atoms with Crippen molar-refractivity contribution in [1.29, 1.82) is 0 Å². The lowest BCUT2D eigenvalue weighted by atomic mass is 10.2. The van der Waals surface area contributed by atoms with Crippen LogP contribution in [0, 0.1) is 12.8 Å². The fraction of sp³-hybridized carbons (Fsp3) is 0.222. The molecular weight excluding hydrogens is 274 g/mol. The number of carbonyl (C=O) groups excluding carboxylic acids is 1. The third-order valence-electron chi connectivity index (χ3n) is 4.01. The number of amides is 1. The molecule has 1 saturated carbocycles. The van der Waals surface area contributed by atoms with Gasteiger partial charge in [-0.25, -0.2) is 4.98 Å². The van der Waals surface area contributed by atoms with Crippen molar-refractivity contribution in [2.45, 2.75) is 19.8 Å². The molecule has 0 aliphatic heterocycles. The third kappa shape index (κ3) is 2.48. The van der Waals surface area contributed by atoms with Crippen molar-refractivity contribution in [3.05, 3.63) is 48.0 Å². The van der Waals surface area contributed by atoms with Crippen LogP contribution in [0.2, 0.25) is 0 Å². The first-order valence-electron chi connectivity index (χ1n) is 7.57. The van der Waals surface area contributed by atoms with Crippen molar-refractivity contribution in [2.75, 3.05) is 5.32 Å². The van der Waals surface area contributed by atoms with Crippen LogP contribution in [0.15, 0.2) is 42.5 Å². The Kier molecular flexibility index (Phi) is 2.96. The van der Waals surface area contributed by atoms with Crippen molar-refractivity contribution < 1.29 is 4.79 Å². The van der Waals surface area contributed by atoms with Crippen LogP contribution in [-0.2, 0) is 4.79 Å². The lowest BCUT2D eigenvalue weighted by Gasteiger charge is -2.04. The van der Waals surface area contributed by atoms with Crippen LogP contribution in [0.5, 0.6) is 0 Å². The first-order chi connectivity index (χ1) is 10.7. The number of imidazole rings is 1. The van der Waals surface area contributed by atoms with Gasteiger partial charge in [-0.05, 0) is 61.7 Å². The Bertz CT molecular complexity index is 844. The number of aromatic amines is 1. The van der Waals surface area contributed by atoms with Crippen LogP contribution in [0.25, 0.3) is 22.4 Å². The number of nitrogens with zero attached hydrogens (tertiary/aromatic N) is 1. The second-order valence-corrected chi connectivity index (χ2v) is 5.95. The van der Waals surface area contributed by atoms with Crippen molar-refractivity contribution >= 4 is 22.6 Å². The molecule has 0 unspecified atom stereocenters. The number of fused-ring (bicyclic) bond motifs is 1. The standard InChI is InChI=1S/C18H17N3O/c1-11-2-9-15-16(10-11)21-17(20-15)12-5-7-14(8-6-12)19-18(22)13-3-4-13/h2,5-10,13H,3-4H2,1H3,(H,19,22)(H,20,21). The fourth-order valence-corrected chi connectivity index (χ4v) is 2.56. The van der Waals surface area contributed by atoms with Gasteiger partial charge in [-0.3, -0.25) is 4.79 Å². The number of hydrogen-bond donors (Lipinski definition) is 2. The van der Waals surface area contributed by atoms with Crippen LogP contribution in [0.4, 0.5) is 5.69 Å². The molecule has 110 valence electrons. The maximum absolute atomic E-state index is 11.7. The zero-order valence-electron chi connectivity index (χ0n) is 12.4. The molecule has 1 aliphatic rings. The maximum atomic E-state index is 11.7. The molecule has 4 rings (SSSR count). The van der Waals surface area contributed by atoms with Gasteiger partial charge >= 0.3 is 0 Å². The molecule has 3 aromatic rings. The zero-order chi connectivity index (χ0) is 15.1. The molecule has 2 aromatic carbocycles. The van der Waals surface area contributed by atoms with Crippen molar-refractivity contribution in [3.63, 3.8) is 0 Å². The molecule has 0 saturated heterocycles. The Balaban J connectivity index is 1.59.